The second kappa shape index (κ2) is 10.8. The van der Waals surface area contributed by atoms with Gasteiger partial charge in [-0.2, -0.15) is 0 Å². The Kier molecular flexibility index (Phi) is 6.76. The number of aryl methyl sites for hydroxylation is 1. The second-order valence-electron chi connectivity index (χ2n) is 11.6. The number of hydrogen-bond donors (Lipinski definition) is 1. The molecular formula is C33H34N6O4. The van der Waals surface area contributed by atoms with Crippen LogP contribution in [0.3, 0.4) is 0 Å². The SMILES string of the molecule is Cc1c(CCN2CC3(CCN(c4nccn5ccnc45)CC3)NC2=O)c(=O)oc2cc(O[C@@H](C)c3ccccc3)ccc12. The molecule has 43 heavy (non-hydrogen) atoms. The van der Waals surface area contributed by atoms with Crippen LogP contribution in [-0.4, -0.2) is 57.0 Å². The highest BCUT2D eigenvalue weighted by Crippen LogP contribution is 2.32. The van der Waals surface area contributed by atoms with Crippen LogP contribution < -0.4 is 20.6 Å². The third kappa shape index (κ3) is 5.07. The summed E-state index contributed by atoms with van der Waals surface area (Å²) in [5.41, 5.74) is 3.21. The standard InChI is InChI=1S/C33H34N6O4/c1-22-26-9-8-25(42-23(2)24-6-4-3-5-7-24)20-28(26)43-31(40)27(22)10-15-39-21-33(36-32(39)41)11-16-37(17-12-33)29-30-35-14-19-38(30)18-13-34-29/h3-9,13-14,18-20,23H,10-12,15-17,21H2,1-2H3,(H,36,41)/t23-/m0/s1. The van der Waals surface area contributed by atoms with E-state index in [0.717, 1.165) is 53.9 Å². The fourth-order valence-corrected chi connectivity index (χ4v) is 6.44. The molecule has 5 aromatic rings. The third-order valence-electron chi connectivity index (χ3n) is 8.94. The zero-order valence-corrected chi connectivity index (χ0v) is 24.3. The topological polar surface area (TPSA) is 105 Å². The number of rotatable bonds is 7. The van der Waals surface area contributed by atoms with Crippen LogP contribution >= 0.6 is 0 Å². The average molecular weight is 579 g/mol. The van der Waals surface area contributed by atoms with Crippen LogP contribution in [0, 0.1) is 6.92 Å². The first-order valence-corrected chi connectivity index (χ1v) is 14.8. The predicted molar refractivity (Wildman–Crippen MR) is 164 cm³/mol. The Balaban J connectivity index is 1.01. The maximum atomic E-state index is 13.1. The van der Waals surface area contributed by atoms with Crippen molar-refractivity contribution in [3.63, 3.8) is 0 Å². The maximum Gasteiger partial charge on any atom is 0.339 e. The van der Waals surface area contributed by atoms with Crippen LogP contribution in [0.15, 0.2) is 82.5 Å². The van der Waals surface area contributed by atoms with E-state index in [1.54, 1.807) is 18.5 Å². The average Bonchev–Trinajstić information content (AvgIpc) is 3.62. The van der Waals surface area contributed by atoms with Gasteiger partial charge in [0.15, 0.2) is 11.5 Å². The van der Waals surface area contributed by atoms with Gasteiger partial charge in [-0.15, -0.1) is 0 Å². The highest BCUT2D eigenvalue weighted by Gasteiger charge is 2.44. The Morgan fingerprint density at radius 3 is 2.60 bits per heavy atom. The molecule has 0 radical (unpaired) electrons. The van der Waals surface area contributed by atoms with Gasteiger partial charge >= 0.3 is 11.7 Å². The second-order valence-corrected chi connectivity index (χ2v) is 11.6. The van der Waals surface area contributed by atoms with Crippen LogP contribution in [0.25, 0.3) is 16.6 Å². The number of urea groups is 1. The fourth-order valence-electron chi connectivity index (χ4n) is 6.44. The number of anilines is 1. The third-order valence-corrected chi connectivity index (χ3v) is 8.94. The minimum atomic E-state index is -0.374. The normalized spacial score (nSPS) is 17.1. The number of hydrogen-bond acceptors (Lipinski definition) is 7. The van der Waals surface area contributed by atoms with Crippen molar-refractivity contribution in [2.75, 3.05) is 31.1 Å². The zero-order valence-electron chi connectivity index (χ0n) is 24.3. The van der Waals surface area contributed by atoms with Gasteiger partial charge in [0, 0.05) is 68.0 Å². The molecule has 5 heterocycles. The molecule has 220 valence electrons. The number of imidazole rings is 1. The number of ether oxygens (including phenoxy) is 1. The first-order valence-electron chi connectivity index (χ1n) is 14.8. The highest BCUT2D eigenvalue weighted by atomic mass is 16.5. The van der Waals surface area contributed by atoms with Crippen molar-refractivity contribution in [1.29, 1.82) is 0 Å². The van der Waals surface area contributed by atoms with Crippen molar-refractivity contribution >= 4 is 28.5 Å². The molecule has 2 amide bonds. The minimum absolute atomic E-state index is 0.0842. The molecule has 7 rings (SSSR count). The molecule has 0 aliphatic carbocycles. The molecule has 2 saturated heterocycles. The number of carbonyl (C=O) groups is 1. The van der Waals surface area contributed by atoms with Crippen molar-refractivity contribution in [3.8, 4) is 5.75 Å². The first-order chi connectivity index (χ1) is 20.9. The summed E-state index contributed by atoms with van der Waals surface area (Å²) < 4.78 is 13.9. The van der Waals surface area contributed by atoms with E-state index in [0.29, 0.717) is 36.4 Å². The zero-order chi connectivity index (χ0) is 29.6. The molecule has 1 spiro atoms. The summed E-state index contributed by atoms with van der Waals surface area (Å²) in [5.74, 6) is 1.51. The van der Waals surface area contributed by atoms with Gasteiger partial charge in [-0.05, 0) is 56.4 Å². The van der Waals surface area contributed by atoms with Gasteiger partial charge in [0.25, 0.3) is 0 Å². The largest absolute Gasteiger partial charge is 0.486 e. The van der Waals surface area contributed by atoms with Crippen LogP contribution in [0.4, 0.5) is 10.6 Å². The van der Waals surface area contributed by atoms with Crippen molar-refractivity contribution in [2.24, 2.45) is 0 Å². The number of carbonyl (C=O) groups excluding carboxylic acids is 1. The minimum Gasteiger partial charge on any atom is -0.486 e. The molecule has 10 heteroatoms. The van der Waals surface area contributed by atoms with Gasteiger partial charge in [0.1, 0.15) is 17.4 Å². The molecule has 0 saturated carbocycles. The number of amides is 2. The predicted octanol–water partition coefficient (Wildman–Crippen LogP) is 4.89. The van der Waals surface area contributed by atoms with E-state index in [9.17, 15) is 9.59 Å². The molecule has 3 aromatic heterocycles. The number of nitrogens with one attached hydrogen (secondary N) is 1. The summed E-state index contributed by atoms with van der Waals surface area (Å²) >= 11 is 0. The molecule has 2 aromatic carbocycles. The Bertz CT molecular complexity index is 1860. The molecule has 2 fully saturated rings. The van der Waals surface area contributed by atoms with Gasteiger partial charge in [-0.1, -0.05) is 30.3 Å². The van der Waals surface area contributed by atoms with E-state index in [-0.39, 0.29) is 23.3 Å². The van der Waals surface area contributed by atoms with Gasteiger partial charge in [0.2, 0.25) is 0 Å². The van der Waals surface area contributed by atoms with E-state index < -0.39 is 0 Å². The van der Waals surface area contributed by atoms with E-state index in [4.69, 9.17) is 9.15 Å². The number of nitrogens with zero attached hydrogens (tertiary/aromatic N) is 5. The van der Waals surface area contributed by atoms with E-state index in [1.807, 2.05) is 78.0 Å². The monoisotopic (exact) mass is 578 g/mol. The smallest absolute Gasteiger partial charge is 0.339 e. The highest BCUT2D eigenvalue weighted by molar-refractivity contribution is 5.82. The fraction of sp³-hybridized carbons (Fsp3) is 0.333. The lowest BCUT2D eigenvalue weighted by Crippen LogP contribution is -2.52. The Labute approximate surface area is 248 Å². The lowest BCUT2D eigenvalue weighted by Gasteiger charge is -2.39. The Hall–Kier alpha value is -4.86. The number of piperidine rings is 1. The molecular weight excluding hydrogens is 544 g/mol. The van der Waals surface area contributed by atoms with Crippen LogP contribution in [0.2, 0.25) is 0 Å². The molecule has 2 aliphatic heterocycles. The molecule has 2 aliphatic rings. The number of benzene rings is 2. The summed E-state index contributed by atoms with van der Waals surface area (Å²) in [6.07, 6.45) is 9.27. The van der Waals surface area contributed by atoms with Gasteiger partial charge in [0.05, 0.1) is 5.54 Å². The van der Waals surface area contributed by atoms with E-state index >= 15 is 0 Å². The van der Waals surface area contributed by atoms with Crippen LogP contribution in [0.1, 0.15) is 42.6 Å². The van der Waals surface area contributed by atoms with Gasteiger partial charge in [-0.25, -0.2) is 19.6 Å². The van der Waals surface area contributed by atoms with Gasteiger partial charge in [-0.3, -0.25) is 0 Å². The van der Waals surface area contributed by atoms with Crippen molar-refractivity contribution in [3.05, 3.63) is 100 Å². The summed E-state index contributed by atoms with van der Waals surface area (Å²) in [6, 6.07) is 15.5. The van der Waals surface area contributed by atoms with E-state index in [1.165, 1.54) is 0 Å². The Morgan fingerprint density at radius 2 is 1.81 bits per heavy atom. The van der Waals surface area contributed by atoms with E-state index in [2.05, 4.69) is 20.2 Å². The maximum absolute atomic E-state index is 13.1. The van der Waals surface area contributed by atoms with Crippen LogP contribution in [0.5, 0.6) is 5.75 Å². The summed E-state index contributed by atoms with van der Waals surface area (Å²) in [4.78, 5) is 39.2. The Morgan fingerprint density at radius 1 is 1.05 bits per heavy atom. The molecule has 0 bridgehead atoms. The van der Waals surface area contributed by atoms with Crippen LogP contribution in [-0.2, 0) is 6.42 Å². The lowest BCUT2D eigenvalue weighted by atomic mass is 9.88. The molecule has 10 nitrogen and oxygen atoms in total. The first kappa shape index (κ1) is 27.0. The number of fused-ring (bicyclic) bond motifs is 2. The van der Waals surface area contributed by atoms with Crippen molar-refractivity contribution in [1.82, 2.24) is 24.6 Å². The number of aromatic nitrogens is 3. The molecule has 1 atom stereocenters. The van der Waals surface area contributed by atoms with Gasteiger partial charge < -0.3 is 28.7 Å². The lowest BCUT2D eigenvalue weighted by molar-refractivity contribution is 0.217. The van der Waals surface area contributed by atoms with Crippen molar-refractivity contribution in [2.45, 2.75) is 44.8 Å². The van der Waals surface area contributed by atoms with Crippen molar-refractivity contribution < 1.29 is 13.9 Å². The summed E-state index contributed by atoms with van der Waals surface area (Å²) in [7, 11) is 0. The molecule has 1 N–H and O–H groups in total. The summed E-state index contributed by atoms with van der Waals surface area (Å²) in [5, 5.41) is 4.12. The summed E-state index contributed by atoms with van der Waals surface area (Å²) in [6.45, 7) is 6.54. The quantitative estimate of drug-likeness (QED) is 0.274. The molecule has 0 unspecified atom stereocenters.